The molecule has 2 aromatic carbocycles. The van der Waals surface area contributed by atoms with Gasteiger partial charge in [-0.2, -0.15) is 4.72 Å². The minimum atomic E-state index is -3.95. The van der Waals surface area contributed by atoms with Gasteiger partial charge in [0, 0.05) is 6.54 Å². The van der Waals surface area contributed by atoms with E-state index in [0.717, 1.165) is 12.0 Å². The lowest BCUT2D eigenvalue weighted by atomic mass is 10.1. The van der Waals surface area contributed by atoms with Gasteiger partial charge in [0.15, 0.2) is 0 Å². The Balaban J connectivity index is 2.25. The van der Waals surface area contributed by atoms with Crippen LogP contribution < -0.4 is 14.8 Å². The predicted octanol–water partition coefficient (Wildman–Crippen LogP) is 3.15. The van der Waals surface area contributed by atoms with Crippen LogP contribution in [0.5, 0.6) is 5.75 Å². The van der Waals surface area contributed by atoms with Crippen molar-refractivity contribution in [3.63, 3.8) is 0 Å². The Bertz CT molecular complexity index is 888. The van der Waals surface area contributed by atoms with Gasteiger partial charge in [0.25, 0.3) is 0 Å². The largest absolute Gasteiger partial charge is 0.492 e. The van der Waals surface area contributed by atoms with Gasteiger partial charge in [0.05, 0.1) is 16.5 Å². The number of nitrogens with one attached hydrogen (secondary N) is 2. The number of halogens is 1. The zero-order valence-corrected chi connectivity index (χ0v) is 17.5. The summed E-state index contributed by atoms with van der Waals surface area (Å²) in [5, 5.41) is 2.95. The van der Waals surface area contributed by atoms with E-state index < -0.39 is 16.1 Å². The Morgan fingerprint density at radius 1 is 1.14 bits per heavy atom. The number of hydrogen-bond acceptors (Lipinski definition) is 4. The average Bonchev–Trinajstić information content (AvgIpc) is 2.68. The number of amides is 1. The highest BCUT2D eigenvalue weighted by molar-refractivity contribution is 7.89. The standard InChI is InChI=1S/C20H25ClN2O4S/c1-3-12-22-20(24)18(13-15-8-6-5-7-9-15)23-28(25,26)16-10-11-19(27-4-2)17(21)14-16/h5-11,14,18,23H,3-4,12-13H2,1-2H3,(H,22,24)/t18-/m1/s1. The SMILES string of the molecule is CCCNC(=O)[C@@H](Cc1ccccc1)NS(=O)(=O)c1ccc(OCC)c(Cl)c1. The molecule has 152 valence electrons. The van der Waals surface area contributed by atoms with E-state index in [0.29, 0.717) is 18.9 Å². The van der Waals surface area contributed by atoms with Crippen LogP contribution in [0, 0.1) is 0 Å². The summed E-state index contributed by atoms with van der Waals surface area (Å²) in [6, 6.07) is 12.5. The zero-order valence-electron chi connectivity index (χ0n) is 15.9. The Hall–Kier alpha value is -2.09. The Morgan fingerprint density at radius 3 is 2.46 bits per heavy atom. The Morgan fingerprint density at radius 2 is 1.86 bits per heavy atom. The summed E-state index contributed by atoms with van der Waals surface area (Å²) < 4.78 is 33.5. The molecule has 8 heteroatoms. The second-order valence-electron chi connectivity index (χ2n) is 6.18. The molecule has 0 heterocycles. The van der Waals surface area contributed by atoms with Gasteiger partial charge >= 0.3 is 0 Å². The molecule has 0 aliphatic rings. The molecule has 0 bridgehead atoms. The molecular weight excluding hydrogens is 400 g/mol. The van der Waals surface area contributed by atoms with Crippen molar-refractivity contribution < 1.29 is 17.9 Å². The molecule has 1 amide bonds. The van der Waals surface area contributed by atoms with E-state index >= 15 is 0 Å². The van der Waals surface area contributed by atoms with Gasteiger partial charge < -0.3 is 10.1 Å². The molecule has 0 aliphatic heterocycles. The first-order valence-corrected chi connectivity index (χ1v) is 11.0. The van der Waals surface area contributed by atoms with Crippen LogP contribution in [0.25, 0.3) is 0 Å². The molecule has 2 aromatic rings. The van der Waals surface area contributed by atoms with E-state index in [1.54, 1.807) is 0 Å². The first-order valence-electron chi connectivity index (χ1n) is 9.13. The van der Waals surface area contributed by atoms with Crippen LogP contribution in [0.4, 0.5) is 0 Å². The number of carbonyl (C=O) groups excluding carboxylic acids is 1. The molecule has 28 heavy (non-hydrogen) atoms. The zero-order chi connectivity index (χ0) is 20.6. The Labute approximate surface area is 171 Å². The van der Waals surface area contributed by atoms with E-state index in [1.165, 1.54) is 18.2 Å². The summed E-state index contributed by atoms with van der Waals surface area (Å²) in [4.78, 5) is 12.5. The summed E-state index contributed by atoms with van der Waals surface area (Å²) in [6.07, 6.45) is 0.991. The van der Waals surface area contributed by atoms with Crippen molar-refractivity contribution in [1.29, 1.82) is 0 Å². The highest BCUT2D eigenvalue weighted by Crippen LogP contribution is 2.27. The van der Waals surface area contributed by atoms with Crippen molar-refractivity contribution in [3.05, 3.63) is 59.1 Å². The molecule has 0 aromatic heterocycles. The minimum Gasteiger partial charge on any atom is -0.492 e. The van der Waals surface area contributed by atoms with Gasteiger partial charge in [-0.3, -0.25) is 4.79 Å². The lowest BCUT2D eigenvalue weighted by molar-refractivity contribution is -0.122. The van der Waals surface area contributed by atoms with Gasteiger partial charge in [-0.15, -0.1) is 0 Å². The third kappa shape index (κ3) is 6.22. The summed E-state index contributed by atoms with van der Waals surface area (Å²) in [6.45, 7) is 4.63. The van der Waals surface area contributed by atoms with Gasteiger partial charge in [-0.05, 0) is 43.5 Å². The summed E-state index contributed by atoms with van der Waals surface area (Å²) in [7, 11) is -3.95. The summed E-state index contributed by atoms with van der Waals surface area (Å²) >= 11 is 6.12. The normalized spacial score (nSPS) is 12.4. The van der Waals surface area contributed by atoms with E-state index in [2.05, 4.69) is 10.0 Å². The number of rotatable bonds is 10. The topological polar surface area (TPSA) is 84.5 Å². The summed E-state index contributed by atoms with van der Waals surface area (Å²) in [5.74, 6) is 0.0379. The summed E-state index contributed by atoms with van der Waals surface area (Å²) in [5.41, 5.74) is 0.853. The molecule has 2 N–H and O–H groups in total. The van der Waals surface area contributed by atoms with Gasteiger partial charge in [-0.25, -0.2) is 8.42 Å². The molecule has 2 rings (SSSR count). The number of hydrogen-bond donors (Lipinski definition) is 2. The molecule has 0 spiro atoms. The predicted molar refractivity (Wildman–Crippen MR) is 110 cm³/mol. The third-order valence-electron chi connectivity index (χ3n) is 3.96. The first-order chi connectivity index (χ1) is 13.4. The van der Waals surface area contributed by atoms with E-state index in [-0.39, 0.29) is 22.2 Å². The van der Waals surface area contributed by atoms with Crippen LogP contribution in [0.3, 0.4) is 0 Å². The lowest BCUT2D eigenvalue weighted by Crippen LogP contribution is -2.48. The second-order valence-corrected chi connectivity index (χ2v) is 8.30. The smallest absolute Gasteiger partial charge is 0.241 e. The minimum absolute atomic E-state index is 0.0256. The number of sulfonamides is 1. The van der Waals surface area contributed by atoms with Gasteiger partial charge in [0.1, 0.15) is 11.8 Å². The van der Waals surface area contributed by atoms with Crippen LogP contribution in [0.15, 0.2) is 53.4 Å². The average molecular weight is 425 g/mol. The van der Waals surface area contributed by atoms with Crippen LogP contribution in [0.1, 0.15) is 25.8 Å². The molecule has 0 aliphatic carbocycles. The van der Waals surface area contributed by atoms with Crippen molar-refractivity contribution in [2.45, 2.75) is 37.6 Å². The highest BCUT2D eigenvalue weighted by atomic mass is 35.5. The van der Waals surface area contributed by atoms with Crippen LogP contribution >= 0.6 is 11.6 Å². The molecular formula is C20H25ClN2O4S. The Kier molecular flexibility index (Phi) is 8.29. The molecule has 0 unspecified atom stereocenters. The van der Waals surface area contributed by atoms with Crippen molar-refractivity contribution in [2.24, 2.45) is 0 Å². The quantitative estimate of drug-likeness (QED) is 0.613. The fourth-order valence-electron chi connectivity index (χ4n) is 2.59. The van der Waals surface area contributed by atoms with E-state index in [1.807, 2.05) is 44.2 Å². The van der Waals surface area contributed by atoms with E-state index in [4.69, 9.17) is 16.3 Å². The number of benzene rings is 2. The third-order valence-corrected chi connectivity index (χ3v) is 5.72. The molecule has 0 saturated heterocycles. The fourth-order valence-corrected chi connectivity index (χ4v) is 4.11. The number of ether oxygens (including phenoxy) is 1. The van der Waals surface area contributed by atoms with Crippen LogP contribution in [-0.4, -0.2) is 33.5 Å². The number of carbonyl (C=O) groups is 1. The lowest BCUT2D eigenvalue weighted by Gasteiger charge is -2.19. The van der Waals surface area contributed by atoms with Crippen LogP contribution in [-0.2, 0) is 21.2 Å². The maximum atomic E-state index is 12.8. The molecule has 0 saturated carbocycles. The molecule has 6 nitrogen and oxygen atoms in total. The first kappa shape index (κ1) is 22.2. The monoisotopic (exact) mass is 424 g/mol. The molecule has 0 radical (unpaired) electrons. The van der Waals surface area contributed by atoms with Gasteiger partial charge in [-0.1, -0.05) is 48.9 Å². The molecule has 1 atom stereocenters. The second kappa shape index (κ2) is 10.5. The maximum absolute atomic E-state index is 12.8. The van der Waals surface area contributed by atoms with E-state index in [9.17, 15) is 13.2 Å². The van der Waals surface area contributed by atoms with Crippen molar-refractivity contribution in [2.75, 3.05) is 13.2 Å². The molecule has 0 fully saturated rings. The van der Waals surface area contributed by atoms with Crippen molar-refractivity contribution >= 4 is 27.5 Å². The van der Waals surface area contributed by atoms with Crippen molar-refractivity contribution in [3.8, 4) is 5.75 Å². The maximum Gasteiger partial charge on any atom is 0.241 e. The highest BCUT2D eigenvalue weighted by Gasteiger charge is 2.26. The van der Waals surface area contributed by atoms with Crippen LogP contribution in [0.2, 0.25) is 5.02 Å². The van der Waals surface area contributed by atoms with Gasteiger partial charge in [0.2, 0.25) is 15.9 Å². The fraction of sp³-hybridized carbons (Fsp3) is 0.350. The van der Waals surface area contributed by atoms with Crippen molar-refractivity contribution in [1.82, 2.24) is 10.0 Å².